The van der Waals surface area contributed by atoms with E-state index in [1.165, 1.54) is 0 Å². The van der Waals surface area contributed by atoms with Gasteiger partial charge in [-0.05, 0) is 66.9 Å². The maximum Gasteiger partial charge on any atom is 0.171 e. The van der Waals surface area contributed by atoms with Gasteiger partial charge in [0.25, 0.3) is 0 Å². The van der Waals surface area contributed by atoms with Crippen molar-refractivity contribution in [3.63, 3.8) is 0 Å². The van der Waals surface area contributed by atoms with E-state index in [1.54, 1.807) is 0 Å². The Balaban J connectivity index is 1.78. The molecule has 0 aromatic heterocycles. The fourth-order valence-electron chi connectivity index (χ4n) is 3.25. The first kappa shape index (κ1) is 19.8. The van der Waals surface area contributed by atoms with Gasteiger partial charge in [-0.25, -0.2) is 0 Å². The van der Waals surface area contributed by atoms with E-state index in [0.29, 0.717) is 29.3 Å². The van der Waals surface area contributed by atoms with Gasteiger partial charge in [-0.2, -0.15) is 0 Å². The predicted octanol–water partition coefficient (Wildman–Crippen LogP) is 5.41. The second-order valence-corrected chi connectivity index (χ2v) is 7.98. The fourth-order valence-corrected chi connectivity index (χ4v) is 3.85. The summed E-state index contributed by atoms with van der Waals surface area (Å²) in [6.45, 7) is 9.51. The first-order valence-electron chi connectivity index (χ1n) is 9.09. The van der Waals surface area contributed by atoms with Crippen LogP contribution in [0.4, 0.5) is 5.69 Å². The van der Waals surface area contributed by atoms with E-state index >= 15 is 0 Å². The highest BCUT2D eigenvalue weighted by Crippen LogP contribution is 2.34. The van der Waals surface area contributed by atoms with E-state index in [4.69, 9.17) is 33.3 Å². The molecule has 6 heteroatoms. The zero-order valence-electron chi connectivity index (χ0n) is 16.1. The van der Waals surface area contributed by atoms with Crippen LogP contribution in [0, 0.1) is 19.8 Å². The molecule has 4 nitrogen and oxygen atoms in total. The highest BCUT2D eigenvalue weighted by atomic mass is 35.5. The summed E-state index contributed by atoms with van der Waals surface area (Å²) in [5.74, 6) is 1.89. The van der Waals surface area contributed by atoms with Gasteiger partial charge in [-0.3, -0.25) is 0 Å². The quantitative estimate of drug-likeness (QED) is 0.666. The van der Waals surface area contributed by atoms with Crippen LogP contribution in [-0.2, 0) is 0 Å². The van der Waals surface area contributed by atoms with Crippen LogP contribution in [0.3, 0.4) is 0 Å². The summed E-state index contributed by atoms with van der Waals surface area (Å²) in [6.07, 6.45) is 0. The van der Waals surface area contributed by atoms with Crippen molar-refractivity contribution in [1.29, 1.82) is 0 Å². The maximum atomic E-state index is 6.39. The molecule has 0 fully saturated rings. The molecule has 0 saturated carbocycles. The number of benzene rings is 2. The van der Waals surface area contributed by atoms with Crippen LogP contribution < -0.4 is 20.1 Å². The summed E-state index contributed by atoms with van der Waals surface area (Å²) in [5, 5.41) is 7.88. The summed E-state index contributed by atoms with van der Waals surface area (Å²) in [7, 11) is 0. The lowest BCUT2D eigenvalue weighted by atomic mass is 9.95. The van der Waals surface area contributed by atoms with E-state index in [0.717, 1.165) is 33.9 Å². The molecular weight excluding hydrogens is 380 g/mol. The Bertz CT molecular complexity index is 831. The van der Waals surface area contributed by atoms with Crippen LogP contribution in [0.5, 0.6) is 11.5 Å². The van der Waals surface area contributed by atoms with E-state index in [-0.39, 0.29) is 6.04 Å². The molecule has 0 aliphatic carbocycles. The highest BCUT2D eigenvalue weighted by molar-refractivity contribution is 7.80. The first-order valence-corrected chi connectivity index (χ1v) is 9.87. The van der Waals surface area contributed by atoms with E-state index in [1.807, 2.05) is 32.0 Å². The summed E-state index contributed by atoms with van der Waals surface area (Å²) >= 11 is 12.0. The molecule has 144 valence electrons. The lowest BCUT2D eigenvalue weighted by Gasteiger charge is -2.27. The standard InChI is InChI=1S/C21H25ClN2O2S/c1-12(2)19(15-5-6-17-18(11-15)26-8-7-25-17)23-21(27)24-20-14(4)9-13(3)10-16(20)22/h5-6,9-12,19H,7-8H2,1-4H3,(H2,23,24,27)/t19-/m0/s1. The largest absolute Gasteiger partial charge is 0.486 e. The van der Waals surface area contributed by atoms with E-state index in [9.17, 15) is 0 Å². The molecule has 1 heterocycles. The summed E-state index contributed by atoms with van der Waals surface area (Å²) in [4.78, 5) is 0. The molecule has 1 aliphatic rings. The molecule has 2 aromatic rings. The van der Waals surface area contributed by atoms with Gasteiger partial charge in [0.1, 0.15) is 13.2 Å². The lowest BCUT2D eigenvalue weighted by molar-refractivity contribution is 0.171. The van der Waals surface area contributed by atoms with Gasteiger partial charge in [-0.15, -0.1) is 0 Å². The monoisotopic (exact) mass is 404 g/mol. The number of hydrogen-bond donors (Lipinski definition) is 2. The molecule has 27 heavy (non-hydrogen) atoms. The molecule has 0 amide bonds. The molecule has 3 rings (SSSR count). The summed E-state index contributed by atoms with van der Waals surface area (Å²) in [6, 6.07) is 10.1. The predicted molar refractivity (Wildman–Crippen MR) is 115 cm³/mol. The number of ether oxygens (including phenoxy) is 2. The minimum atomic E-state index is 0.0327. The zero-order valence-corrected chi connectivity index (χ0v) is 17.6. The van der Waals surface area contributed by atoms with Crippen molar-refractivity contribution in [2.24, 2.45) is 5.92 Å². The Kier molecular flexibility index (Phi) is 6.12. The van der Waals surface area contributed by atoms with Crippen molar-refractivity contribution in [1.82, 2.24) is 5.32 Å². The van der Waals surface area contributed by atoms with Gasteiger partial charge in [-0.1, -0.05) is 37.6 Å². The lowest BCUT2D eigenvalue weighted by Crippen LogP contribution is -2.35. The molecule has 0 radical (unpaired) electrons. The van der Waals surface area contributed by atoms with Crippen molar-refractivity contribution in [3.8, 4) is 11.5 Å². The SMILES string of the molecule is Cc1cc(C)c(NC(=S)N[C@H](c2ccc3c(c2)OCCO3)C(C)C)c(Cl)c1. The van der Waals surface area contributed by atoms with Crippen LogP contribution in [0.2, 0.25) is 5.02 Å². The maximum absolute atomic E-state index is 6.39. The molecule has 0 spiro atoms. The Labute approximate surface area is 171 Å². The number of anilines is 1. The van der Waals surface area contributed by atoms with Gasteiger partial charge in [0.2, 0.25) is 0 Å². The first-order chi connectivity index (χ1) is 12.8. The molecule has 2 N–H and O–H groups in total. The molecular formula is C21H25ClN2O2S. The number of rotatable bonds is 4. The molecule has 0 saturated heterocycles. The average molecular weight is 405 g/mol. The van der Waals surface area contributed by atoms with Crippen LogP contribution >= 0.6 is 23.8 Å². The minimum Gasteiger partial charge on any atom is -0.486 e. The van der Waals surface area contributed by atoms with Crippen molar-refractivity contribution < 1.29 is 9.47 Å². The Hall–Kier alpha value is -1.98. The van der Waals surface area contributed by atoms with Crippen molar-refractivity contribution in [3.05, 3.63) is 52.0 Å². The van der Waals surface area contributed by atoms with E-state index < -0.39 is 0 Å². The third kappa shape index (κ3) is 4.66. The molecule has 0 bridgehead atoms. The normalized spacial score (nSPS) is 14.0. The number of thiocarbonyl (C=S) groups is 1. The third-order valence-corrected chi connectivity index (χ3v) is 5.07. The fraction of sp³-hybridized carbons (Fsp3) is 0.381. The topological polar surface area (TPSA) is 42.5 Å². The van der Waals surface area contributed by atoms with Crippen molar-refractivity contribution in [2.75, 3.05) is 18.5 Å². The highest BCUT2D eigenvalue weighted by Gasteiger charge is 2.21. The Morgan fingerprint density at radius 2 is 1.78 bits per heavy atom. The molecule has 1 aliphatic heterocycles. The summed E-state index contributed by atoms with van der Waals surface area (Å²) < 4.78 is 11.3. The van der Waals surface area contributed by atoms with Crippen LogP contribution in [0.15, 0.2) is 30.3 Å². The van der Waals surface area contributed by atoms with Gasteiger partial charge in [0, 0.05) is 0 Å². The number of nitrogens with one attached hydrogen (secondary N) is 2. The van der Waals surface area contributed by atoms with Gasteiger partial charge in [0.05, 0.1) is 16.8 Å². The Morgan fingerprint density at radius 1 is 1.07 bits per heavy atom. The molecule has 0 unspecified atom stereocenters. The second kappa shape index (κ2) is 8.36. The van der Waals surface area contributed by atoms with Crippen molar-refractivity contribution >= 4 is 34.6 Å². The number of hydrogen-bond acceptors (Lipinski definition) is 3. The number of aryl methyl sites for hydroxylation is 2. The van der Waals surface area contributed by atoms with Gasteiger partial charge in [0.15, 0.2) is 16.6 Å². The zero-order chi connectivity index (χ0) is 19.6. The van der Waals surface area contributed by atoms with Crippen LogP contribution in [0.25, 0.3) is 0 Å². The average Bonchev–Trinajstić information content (AvgIpc) is 2.62. The number of fused-ring (bicyclic) bond motifs is 1. The smallest absolute Gasteiger partial charge is 0.171 e. The Morgan fingerprint density at radius 3 is 2.44 bits per heavy atom. The minimum absolute atomic E-state index is 0.0327. The third-order valence-electron chi connectivity index (χ3n) is 4.55. The van der Waals surface area contributed by atoms with E-state index in [2.05, 4.69) is 36.6 Å². The van der Waals surface area contributed by atoms with Crippen LogP contribution in [-0.4, -0.2) is 18.3 Å². The van der Waals surface area contributed by atoms with Gasteiger partial charge < -0.3 is 20.1 Å². The number of halogens is 1. The van der Waals surface area contributed by atoms with Crippen molar-refractivity contribution in [2.45, 2.75) is 33.7 Å². The van der Waals surface area contributed by atoms with Gasteiger partial charge >= 0.3 is 0 Å². The van der Waals surface area contributed by atoms with Crippen LogP contribution in [0.1, 0.15) is 36.6 Å². The second-order valence-electron chi connectivity index (χ2n) is 7.16. The molecule has 1 atom stereocenters. The summed E-state index contributed by atoms with van der Waals surface area (Å²) in [5.41, 5.74) is 4.12. The molecule has 2 aromatic carbocycles.